The van der Waals surface area contributed by atoms with Crippen LogP contribution in [0, 0.1) is 25.2 Å². The lowest BCUT2D eigenvalue weighted by atomic mass is 10.1. The Balaban J connectivity index is 2.30. The van der Waals surface area contributed by atoms with E-state index in [1.807, 2.05) is 26.0 Å². The molecule has 2 N–H and O–H groups in total. The minimum absolute atomic E-state index is 0.0740. The number of amides is 1. The Morgan fingerprint density at radius 3 is 2.71 bits per heavy atom. The number of aryl methyl sites for hydroxylation is 2. The normalized spacial score (nSPS) is 10.2. The Labute approximate surface area is 124 Å². The Morgan fingerprint density at radius 1 is 1.29 bits per heavy atom. The highest BCUT2D eigenvalue weighted by Crippen LogP contribution is 2.23. The second-order valence-electron chi connectivity index (χ2n) is 5.06. The van der Waals surface area contributed by atoms with Crippen molar-refractivity contribution in [1.29, 1.82) is 5.26 Å². The van der Waals surface area contributed by atoms with Crippen LogP contribution in [0.2, 0.25) is 0 Å². The molecule has 0 aliphatic heterocycles. The van der Waals surface area contributed by atoms with Crippen LogP contribution < -0.4 is 10.6 Å². The molecule has 108 valence electrons. The van der Waals surface area contributed by atoms with Crippen LogP contribution in [0.5, 0.6) is 0 Å². The van der Waals surface area contributed by atoms with Crippen molar-refractivity contribution in [2.45, 2.75) is 20.8 Å². The molecular weight excluding hydrogens is 264 g/mol. The molecule has 0 spiro atoms. The fraction of sp³-hybridized carbons (Fsp3) is 0.312. The average molecular weight is 282 g/mol. The first kappa shape index (κ1) is 14.8. The first-order valence-electron chi connectivity index (χ1n) is 6.81. The summed E-state index contributed by atoms with van der Waals surface area (Å²) in [5, 5.41) is 16.0. The lowest BCUT2D eigenvalue weighted by molar-refractivity contribution is -0.118. The first-order valence-corrected chi connectivity index (χ1v) is 6.81. The lowest BCUT2D eigenvalue weighted by Gasteiger charge is -2.11. The predicted octanol–water partition coefficient (Wildman–Crippen LogP) is 2.27. The van der Waals surface area contributed by atoms with Gasteiger partial charge in [0, 0.05) is 25.4 Å². The van der Waals surface area contributed by atoms with E-state index in [1.165, 1.54) is 6.92 Å². The number of anilines is 1. The Bertz CT molecular complexity index is 731. The summed E-state index contributed by atoms with van der Waals surface area (Å²) in [5.74, 6) is 0.484. The summed E-state index contributed by atoms with van der Waals surface area (Å²) in [7, 11) is 0. The van der Waals surface area contributed by atoms with Gasteiger partial charge in [0.25, 0.3) is 0 Å². The molecule has 0 saturated heterocycles. The van der Waals surface area contributed by atoms with Crippen molar-refractivity contribution in [3.05, 3.63) is 34.9 Å². The number of nitrogens with zero attached hydrogens (tertiary/aromatic N) is 2. The number of nitriles is 1. The fourth-order valence-corrected chi connectivity index (χ4v) is 2.29. The third-order valence-electron chi connectivity index (χ3n) is 3.16. The molecule has 1 amide bonds. The monoisotopic (exact) mass is 282 g/mol. The molecular formula is C16H18N4O. The smallest absolute Gasteiger partial charge is 0.216 e. The molecule has 2 rings (SSSR count). The van der Waals surface area contributed by atoms with Crippen molar-refractivity contribution in [3.8, 4) is 6.07 Å². The number of hydrogen-bond acceptors (Lipinski definition) is 4. The molecule has 0 saturated carbocycles. The molecule has 0 aliphatic carbocycles. The predicted molar refractivity (Wildman–Crippen MR) is 83.1 cm³/mol. The summed E-state index contributed by atoms with van der Waals surface area (Å²) in [6, 6.07) is 8.11. The van der Waals surface area contributed by atoms with Crippen LogP contribution in [0.4, 0.5) is 5.82 Å². The molecule has 0 fully saturated rings. The molecule has 0 unspecified atom stereocenters. The zero-order valence-electron chi connectivity index (χ0n) is 12.4. The maximum Gasteiger partial charge on any atom is 0.216 e. The van der Waals surface area contributed by atoms with E-state index in [-0.39, 0.29) is 5.91 Å². The van der Waals surface area contributed by atoms with Crippen molar-refractivity contribution in [2.24, 2.45) is 0 Å². The van der Waals surface area contributed by atoms with E-state index in [2.05, 4.69) is 27.8 Å². The van der Waals surface area contributed by atoms with Crippen molar-refractivity contribution >= 4 is 22.6 Å². The van der Waals surface area contributed by atoms with Crippen LogP contribution >= 0.6 is 0 Å². The van der Waals surface area contributed by atoms with Crippen LogP contribution in [0.25, 0.3) is 10.9 Å². The molecule has 1 heterocycles. The van der Waals surface area contributed by atoms with Gasteiger partial charge < -0.3 is 10.6 Å². The molecule has 0 bridgehead atoms. The molecule has 1 aromatic heterocycles. The van der Waals surface area contributed by atoms with Gasteiger partial charge in [0.15, 0.2) is 0 Å². The van der Waals surface area contributed by atoms with Crippen LogP contribution in [-0.2, 0) is 4.79 Å². The number of carbonyl (C=O) groups excluding carboxylic acids is 1. The van der Waals surface area contributed by atoms with Gasteiger partial charge in [-0.15, -0.1) is 0 Å². The molecule has 1 aromatic carbocycles. The molecule has 5 nitrogen and oxygen atoms in total. The second kappa shape index (κ2) is 6.23. The highest BCUT2D eigenvalue weighted by atomic mass is 16.1. The zero-order valence-corrected chi connectivity index (χ0v) is 12.4. The molecule has 0 radical (unpaired) electrons. The van der Waals surface area contributed by atoms with E-state index in [9.17, 15) is 10.1 Å². The molecule has 5 heteroatoms. The number of carbonyl (C=O) groups is 1. The number of rotatable bonds is 4. The number of benzene rings is 1. The topological polar surface area (TPSA) is 77.8 Å². The number of fused-ring (bicyclic) bond motifs is 1. The molecule has 0 atom stereocenters. The summed E-state index contributed by atoms with van der Waals surface area (Å²) < 4.78 is 0. The molecule has 21 heavy (non-hydrogen) atoms. The maximum absolute atomic E-state index is 10.8. The van der Waals surface area contributed by atoms with Crippen molar-refractivity contribution in [2.75, 3.05) is 18.4 Å². The van der Waals surface area contributed by atoms with Crippen LogP contribution in [0.1, 0.15) is 23.6 Å². The standard InChI is InChI=1S/C16H18N4O/c1-10-6-11(2)15-13(7-10)8-14(9-17)16(20-15)19-5-4-18-12(3)21/h6-8H,4-5H2,1-3H3,(H,18,21)(H,19,20). The summed E-state index contributed by atoms with van der Waals surface area (Å²) in [5.41, 5.74) is 3.63. The van der Waals surface area contributed by atoms with Crippen molar-refractivity contribution in [1.82, 2.24) is 10.3 Å². The Morgan fingerprint density at radius 2 is 2.05 bits per heavy atom. The number of nitrogens with one attached hydrogen (secondary N) is 2. The van der Waals surface area contributed by atoms with Gasteiger partial charge in [-0.2, -0.15) is 5.26 Å². The average Bonchev–Trinajstić information content (AvgIpc) is 2.42. The van der Waals surface area contributed by atoms with Crippen LogP contribution in [0.3, 0.4) is 0 Å². The van der Waals surface area contributed by atoms with E-state index >= 15 is 0 Å². The van der Waals surface area contributed by atoms with E-state index in [0.29, 0.717) is 24.5 Å². The van der Waals surface area contributed by atoms with Gasteiger partial charge in [0.1, 0.15) is 11.9 Å². The number of hydrogen-bond donors (Lipinski definition) is 2. The number of pyridine rings is 1. The molecule has 0 aliphatic rings. The van der Waals surface area contributed by atoms with Gasteiger partial charge in [0.2, 0.25) is 5.91 Å². The van der Waals surface area contributed by atoms with Crippen molar-refractivity contribution < 1.29 is 4.79 Å². The van der Waals surface area contributed by atoms with Gasteiger partial charge >= 0.3 is 0 Å². The quantitative estimate of drug-likeness (QED) is 0.843. The Hall–Kier alpha value is -2.61. The van der Waals surface area contributed by atoms with Gasteiger partial charge in [-0.05, 0) is 31.5 Å². The van der Waals surface area contributed by atoms with E-state index in [4.69, 9.17) is 0 Å². The lowest BCUT2D eigenvalue weighted by Crippen LogP contribution is -2.26. The zero-order chi connectivity index (χ0) is 15.4. The largest absolute Gasteiger partial charge is 0.367 e. The van der Waals surface area contributed by atoms with Crippen LogP contribution in [-0.4, -0.2) is 24.0 Å². The number of aromatic nitrogens is 1. The third-order valence-corrected chi connectivity index (χ3v) is 3.16. The van der Waals surface area contributed by atoms with Gasteiger partial charge in [-0.25, -0.2) is 4.98 Å². The summed E-state index contributed by atoms with van der Waals surface area (Å²) in [6.45, 7) is 6.53. The first-order chi connectivity index (χ1) is 10.0. The van der Waals surface area contributed by atoms with Crippen molar-refractivity contribution in [3.63, 3.8) is 0 Å². The molecule has 2 aromatic rings. The summed E-state index contributed by atoms with van der Waals surface area (Å²) in [6.07, 6.45) is 0. The van der Waals surface area contributed by atoms with E-state index < -0.39 is 0 Å². The van der Waals surface area contributed by atoms with Gasteiger partial charge in [0.05, 0.1) is 11.1 Å². The summed E-state index contributed by atoms with van der Waals surface area (Å²) >= 11 is 0. The third kappa shape index (κ3) is 3.48. The highest BCUT2D eigenvalue weighted by Gasteiger charge is 2.08. The SMILES string of the molecule is CC(=O)NCCNc1nc2c(C)cc(C)cc2cc1C#N. The van der Waals surface area contributed by atoms with Crippen LogP contribution in [0.15, 0.2) is 18.2 Å². The minimum Gasteiger partial charge on any atom is -0.367 e. The minimum atomic E-state index is -0.0740. The maximum atomic E-state index is 10.8. The van der Waals surface area contributed by atoms with E-state index in [1.54, 1.807) is 0 Å². The summed E-state index contributed by atoms with van der Waals surface area (Å²) in [4.78, 5) is 15.4. The van der Waals surface area contributed by atoms with Gasteiger partial charge in [-0.3, -0.25) is 4.79 Å². The van der Waals surface area contributed by atoms with E-state index in [0.717, 1.165) is 22.0 Å². The highest BCUT2D eigenvalue weighted by molar-refractivity contribution is 5.86. The van der Waals surface area contributed by atoms with Gasteiger partial charge in [-0.1, -0.05) is 11.6 Å². The fourth-order valence-electron chi connectivity index (χ4n) is 2.29. The Kier molecular flexibility index (Phi) is 4.39. The second-order valence-corrected chi connectivity index (χ2v) is 5.06.